The second kappa shape index (κ2) is 17.7. The fourth-order valence-electron chi connectivity index (χ4n) is 6.02. The van der Waals surface area contributed by atoms with Gasteiger partial charge in [-0.15, -0.1) is 23.1 Å². The minimum atomic E-state index is -0.690. The van der Waals surface area contributed by atoms with Crippen LogP contribution in [0.3, 0.4) is 0 Å². The van der Waals surface area contributed by atoms with Crippen LogP contribution in [0.5, 0.6) is 5.75 Å². The first kappa shape index (κ1) is 37.1. The number of carbonyl (C=O) groups is 4. The fraction of sp³-hybridized carbons (Fsp3) is 0.190. The first-order valence-electron chi connectivity index (χ1n) is 17.2. The number of aryl methyl sites for hydroxylation is 1. The number of fused-ring (bicyclic) bond motifs is 1. The minimum absolute atomic E-state index is 0.0411. The summed E-state index contributed by atoms with van der Waals surface area (Å²) in [5.74, 6) is -1.04. The summed E-state index contributed by atoms with van der Waals surface area (Å²) >= 11 is 2.77. The zero-order valence-electron chi connectivity index (χ0n) is 29.3. The number of esters is 1. The number of hydrogen-bond acceptors (Lipinski definition) is 8. The van der Waals surface area contributed by atoms with E-state index in [4.69, 9.17) is 9.47 Å². The molecular formula is C42H39N3O6S2. The predicted octanol–water partition coefficient (Wildman–Crippen LogP) is 8.69. The molecule has 1 aliphatic carbocycles. The molecule has 5 aromatic rings. The van der Waals surface area contributed by atoms with E-state index >= 15 is 0 Å². The molecule has 11 heteroatoms. The lowest BCUT2D eigenvalue weighted by Crippen LogP contribution is -2.30. The summed E-state index contributed by atoms with van der Waals surface area (Å²) in [5, 5.41) is 8.57. The van der Waals surface area contributed by atoms with Crippen LogP contribution in [0.15, 0.2) is 120 Å². The maximum atomic E-state index is 14.1. The number of rotatable bonds is 12. The summed E-state index contributed by atoms with van der Waals surface area (Å²) in [6, 6.07) is 32.3. The van der Waals surface area contributed by atoms with Gasteiger partial charge in [-0.1, -0.05) is 73.2 Å². The molecule has 53 heavy (non-hydrogen) atoms. The highest BCUT2D eigenvalue weighted by Crippen LogP contribution is 2.41. The Hall–Kier alpha value is -5.65. The van der Waals surface area contributed by atoms with Crippen molar-refractivity contribution in [3.05, 3.63) is 148 Å². The van der Waals surface area contributed by atoms with Gasteiger partial charge in [0.1, 0.15) is 21.7 Å². The largest absolute Gasteiger partial charge is 0.497 e. The van der Waals surface area contributed by atoms with Crippen molar-refractivity contribution in [1.29, 1.82) is 0 Å². The highest BCUT2D eigenvalue weighted by Gasteiger charge is 2.29. The molecule has 0 aliphatic heterocycles. The molecule has 0 fully saturated rings. The minimum Gasteiger partial charge on any atom is -0.497 e. The van der Waals surface area contributed by atoms with E-state index in [-0.39, 0.29) is 11.6 Å². The van der Waals surface area contributed by atoms with Crippen LogP contribution in [-0.4, -0.2) is 37.9 Å². The monoisotopic (exact) mass is 745 g/mol. The zero-order valence-corrected chi connectivity index (χ0v) is 31.0. The first-order chi connectivity index (χ1) is 25.8. The Morgan fingerprint density at radius 3 is 2.23 bits per heavy atom. The Morgan fingerprint density at radius 1 is 0.792 bits per heavy atom. The fourth-order valence-corrected chi connectivity index (χ4v) is 8.38. The van der Waals surface area contributed by atoms with Gasteiger partial charge in [0.2, 0.25) is 5.91 Å². The molecule has 3 N–H and O–H groups in total. The van der Waals surface area contributed by atoms with Gasteiger partial charge < -0.3 is 25.4 Å². The van der Waals surface area contributed by atoms with Crippen LogP contribution in [0, 0.1) is 0 Å². The van der Waals surface area contributed by atoms with Crippen molar-refractivity contribution in [2.75, 3.05) is 24.9 Å². The molecule has 270 valence electrons. The van der Waals surface area contributed by atoms with E-state index in [0.717, 1.165) is 53.0 Å². The normalized spacial score (nSPS) is 13.1. The number of anilines is 2. The van der Waals surface area contributed by atoms with Gasteiger partial charge in [-0.2, -0.15) is 0 Å². The van der Waals surface area contributed by atoms with E-state index in [0.29, 0.717) is 33.1 Å². The van der Waals surface area contributed by atoms with Gasteiger partial charge in [-0.3, -0.25) is 14.4 Å². The molecule has 6 rings (SSSR count). The van der Waals surface area contributed by atoms with Gasteiger partial charge in [0, 0.05) is 21.0 Å². The molecule has 1 aliphatic rings. The number of thioether (sulfide) groups is 1. The molecule has 9 nitrogen and oxygen atoms in total. The van der Waals surface area contributed by atoms with Gasteiger partial charge in [0.25, 0.3) is 11.8 Å². The molecule has 0 radical (unpaired) electrons. The summed E-state index contributed by atoms with van der Waals surface area (Å²) in [5.41, 5.74) is 3.79. The van der Waals surface area contributed by atoms with Crippen molar-refractivity contribution < 1.29 is 28.7 Å². The quantitative estimate of drug-likeness (QED) is 0.0506. The third kappa shape index (κ3) is 9.43. The Bertz CT molecular complexity index is 2110. The van der Waals surface area contributed by atoms with Crippen molar-refractivity contribution in [3.63, 3.8) is 0 Å². The molecular weight excluding hydrogens is 707 g/mol. The van der Waals surface area contributed by atoms with Crippen molar-refractivity contribution in [3.8, 4) is 5.75 Å². The Balaban J connectivity index is 1.25. The van der Waals surface area contributed by atoms with Gasteiger partial charge in [0.15, 0.2) is 0 Å². The molecule has 3 amide bonds. The predicted molar refractivity (Wildman–Crippen MR) is 211 cm³/mol. The lowest BCUT2D eigenvalue weighted by atomic mass is 10.1. The number of hydrogen-bond donors (Lipinski definition) is 3. The zero-order chi connectivity index (χ0) is 37.2. The van der Waals surface area contributed by atoms with E-state index in [2.05, 4.69) is 16.0 Å². The standard InChI is InChI=1S/C42H39N3O6S2/c1-50-31-23-21-27(22-24-31)25-34(44-38(46)29-15-8-4-9-16-29)39(47)43-30-17-12-18-32(26-30)52-37(28-13-6-3-7-14-28)40(48)45-41-36(42(49)51-2)33-19-10-5-11-20-35(33)53-41/h3-4,6-9,12-18,21-26,37H,5,10-11,19-20H2,1-2H3,(H,43,47)(H,44,46)(H,45,48)/b34-25+. The Labute approximate surface area is 316 Å². The Kier molecular flexibility index (Phi) is 12.4. The second-order valence-electron chi connectivity index (χ2n) is 12.3. The van der Waals surface area contributed by atoms with E-state index < -0.39 is 23.0 Å². The molecule has 1 atom stereocenters. The van der Waals surface area contributed by atoms with Crippen LogP contribution in [0.1, 0.15) is 66.8 Å². The van der Waals surface area contributed by atoms with Gasteiger partial charge in [-0.25, -0.2) is 4.79 Å². The average molecular weight is 746 g/mol. The smallest absolute Gasteiger partial charge is 0.341 e. The Morgan fingerprint density at radius 2 is 1.51 bits per heavy atom. The molecule has 0 spiro atoms. The van der Waals surface area contributed by atoms with Crippen LogP contribution in [-0.2, 0) is 27.2 Å². The number of benzene rings is 4. The maximum Gasteiger partial charge on any atom is 0.341 e. The third-order valence-electron chi connectivity index (χ3n) is 8.69. The summed E-state index contributed by atoms with van der Waals surface area (Å²) in [4.78, 5) is 55.9. The molecule has 0 bridgehead atoms. The summed E-state index contributed by atoms with van der Waals surface area (Å²) in [7, 11) is 2.93. The van der Waals surface area contributed by atoms with Crippen molar-refractivity contribution >= 4 is 63.6 Å². The molecule has 0 saturated heterocycles. The number of carbonyl (C=O) groups excluding carboxylic acids is 4. The number of ether oxygens (including phenoxy) is 2. The number of nitrogens with one attached hydrogen (secondary N) is 3. The van der Waals surface area contributed by atoms with E-state index in [1.54, 1.807) is 79.9 Å². The van der Waals surface area contributed by atoms with E-state index in [9.17, 15) is 19.2 Å². The van der Waals surface area contributed by atoms with E-state index in [1.165, 1.54) is 30.2 Å². The van der Waals surface area contributed by atoms with Gasteiger partial charge >= 0.3 is 5.97 Å². The third-order valence-corrected chi connectivity index (χ3v) is 11.1. The molecule has 1 unspecified atom stereocenters. The first-order valence-corrected chi connectivity index (χ1v) is 18.9. The molecule has 1 aromatic heterocycles. The highest BCUT2D eigenvalue weighted by atomic mass is 32.2. The average Bonchev–Trinajstić information content (AvgIpc) is 3.36. The van der Waals surface area contributed by atoms with Crippen LogP contribution in [0.25, 0.3) is 6.08 Å². The summed E-state index contributed by atoms with van der Waals surface area (Å²) < 4.78 is 10.4. The number of methoxy groups -OCH3 is 2. The van der Waals surface area contributed by atoms with Crippen molar-refractivity contribution in [2.24, 2.45) is 0 Å². The van der Waals surface area contributed by atoms with Crippen molar-refractivity contribution in [2.45, 2.75) is 42.2 Å². The lowest BCUT2D eigenvalue weighted by Gasteiger charge is -2.18. The van der Waals surface area contributed by atoms with Crippen LogP contribution in [0.2, 0.25) is 0 Å². The lowest BCUT2D eigenvalue weighted by molar-refractivity contribution is -0.116. The summed E-state index contributed by atoms with van der Waals surface area (Å²) in [6.45, 7) is 0. The number of amides is 3. The molecule has 1 heterocycles. The van der Waals surface area contributed by atoms with Gasteiger partial charge in [-0.05, 0) is 90.9 Å². The molecule has 0 saturated carbocycles. The number of thiophene rings is 1. The van der Waals surface area contributed by atoms with Gasteiger partial charge in [0.05, 0.1) is 19.8 Å². The maximum absolute atomic E-state index is 14.1. The second-order valence-corrected chi connectivity index (χ2v) is 14.6. The molecule has 4 aromatic carbocycles. The van der Waals surface area contributed by atoms with E-state index in [1.807, 2.05) is 42.5 Å². The van der Waals surface area contributed by atoms with Crippen LogP contribution >= 0.6 is 23.1 Å². The van der Waals surface area contributed by atoms with Crippen molar-refractivity contribution in [1.82, 2.24) is 5.32 Å². The summed E-state index contributed by atoms with van der Waals surface area (Å²) in [6.07, 6.45) is 6.34. The topological polar surface area (TPSA) is 123 Å². The van der Waals surface area contributed by atoms with Crippen LogP contribution in [0.4, 0.5) is 10.7 Å². The van der Waals surface area contributed by atoms with Crippen LogP contribution < -0.4 is 20.7 Å². The highest BCUT2D eigenvalue weighted by molar-refractivity contribution is 8.00. The SMILES string of the molecule is COC(=O)c1c(NC(=O)C(Sc2cccc(NC(=O)/C(=C\c3ccc(OC)cc3)NC(=O)c3ccccc3)c2)c2ccccc2)sc2c1CCCCC2.